The number of halogens is 1. The first kappa shape index (κ1) is 9.52. The second-order valence-corrected chi connectivity index (χ2v) is 4.31. The Morgan fingerprint density at radius 1 is 1.43 bits per heavy atom. The molecular formula is C10H11BrN2O. The van der Waals surface area contributed by atoms with Crippen LogP contribution in [0.2, 0.25) is 0 Å². The van der Waals surface area contributed by atoms with Gasteiger partial charge in [-0.2, -0.15) is 0 Å². The van der Waals surface area contributed by atoms with Crippen molar-refractivity contribution in [2.24, 2.45) is 0 Å². The summed E-state index contributed by atoms with van der Waals surface area (Å²) in [6.45, 7) is 4.15. The molecule has 0 saturated carbocycles. The third kappa shape index (κ3) is 1.39. The van der Waals surface area contributed by atoms with Crippen molar-refractivity contribution in [1.29, 1.82) is 0 Å². The van der Waals surface area contributed by atoms with Crippen molar-refractivity contribution < 1.29 is 5.11 Å². The van der Waals surface area contributed by atoms with Gasteiger partial charge in [-0.25, -0.2) is 4.98 Å². The molecule has 2 aromatic heterocycles. The average Bonchev–Trinajstić information content (AvgIpc) is 2.43. The molecule has 0 amide bonds. The van der Waals surface area contributed by atoms with Gasteiger partial charge in [-0.1, -0.05) is 13.8 Å². The van der Waals surface area contributed by atoms with E-state index in [0.717, 1.165) is 15.9 Å². The zero-order valence-corrected chi connectivity index (χ0v) is 9.62. The van der Waals surface area contributed by atoms with Crippen molar-refractivity contribution in [3.8, 4) is 5.75 Å². The molecule has 4 heteroatoms. The molecule has 74 valence electrons. The highest BCUT2D eigenvalue weighted by atomic mass is 79.9. The summed E-state index contributed by atoms with van der Waals surface area (Å²) < 4.78 is 2.73. The van der Waals surface area contributed by atoms with E-state index in [1.807, 2.05) is 10.5 Å². The van der Waals surface area contributed by atoms with Gasteiger partial charge in [0.1, 0.15) is 16.2 Å². The van der Waals surface area contributed by atoms with Crippen LogP contribution < -0.4 is 0 Å². The molecule has 0 aliphatic heterocycles. The molecule has 2 rings (SSSR count). The standard InChI is InChI=1S/C10H11BrN2O/c1-6(2)10-12-9(11)8-4-3-7(14)5-13(8)10/h3-6,14H,1-2H3. The van der Waals surface area contributed by atoms with E-state index in [4.69, 9.17) is 0 Å². The molecule has 0 atom stereocenters. The van der Waals surface area contributed by atoms with Crippen molar-refractivity contribution in [1.82, 2.24) is 9.38 Å². The predicted molar refractivity (Wildman–Crippen MR) is 58.6 cm³/mol. The first-order chi connectivity index (χ1) is 6.59. The number of aromatic nitrogens is 2. The molecule has 2 heterocycles. The molecule has 0 spiro atoms. The fourth-order valence-electron chi connectivity index (χ4n) is 1.47. The van der Waals surface area contributed by atoms with E-state index in [0.29, 0.717) is 5.92 Å². The van der Waals surface area contributed by atoms with E-state index in [2.05, 4.69) is 34.8 Å². The average molecular weight is 255 g/mol. The van der Waals surface area contributed by atoms with E-state index >= 15 is 0 Å². The van der Waals surface area contributed by atoms with Gasteiger partial charge >= 0.3 is 0 Å². The van der Waals surface area contributed by atoms with E-state index in [-0.39, 0.29) is 5.75 Å². The number of pyridine rings is 1. The topological polar surface area (TPSA) is 37.5 Å². The number of fused-ring (bicyclic) bond motifs is 1. The van der Waals surface area contributed by atoms with Crippen LogP contribution in [-0.4, -0.2) is 14.5 Å². The second kappa shape index (κ2) is 3.28. The van der Waals surface area contributed by atoms with Crippen LogP contribution in [0, 0.1) is 0 Å². The maximum Gasteiger partial charge on any atom is 0.132 e. The van der Waals surface area contributed by atoms with Crippen molar-refractivity contribution in [3.63, 3.8) is 0 Å². The fraction of sp³-hybridized carbons (Fsp3) is 0.300. The molecule has 0 unspecified atom stereocenters. The van der Waals surface area contributed by atoms with Gasteiger partial charge < -0.3 is 5.11 Å². The number of hydrogen-bond donors (Lipinski definition) is 1. The highest BCUT2D eigenvalue weighted by Gasteiger charge is 2.11. The monoisotopic (exact) mass is 254 g/mol. The van der Waals surface area contributed by atoms with Crippen molar-refractivity contribution in [2.45, 2.75) is 19.8 Å². The van der Waals surface area contributed by atoms with Crippen LogP contribution in [0.4, 0.5) is 0 Å². The third-order valence-electron chi connectivity index (χ3n) is 2.12. The van der Waals surface area contributed by atoms with Crippen molar-refractivity contribution >= 4 is 21.4 Å². The highest BCUT2D eigenvalue weighted by molar-refractivity contribution is 9.10. The summed E-state index contributed by atoms with van der Waals surface area (Å²) in [5.74, 6) is 1.53. The van der Waals surface area contributed by atoms with Gasteiger partial charge in [-0.05, 0) is 28.1 Å². The zero-order valence-electron chi connectivity index (χ0n) is 8.03. The van der Waals surface area contributed by atoms with E-state index in [9.17, 15) is 5.11 Å². The summed E-state index contributed by atoms with van der Waals surface area (Å²) in [7, 11) is 0. The van der Waals surface area contributed by atoms with Gasteiger partial charge in [0.2, 0.25) is 0 Å². The van der Waals surface area contributed by atoms with Gasteiger partial charge in [0, 0.05) is 5.92 Å². The van der Waals surface area contributed by atoms with E-state index in [1.54, 1.807) is 12.3 Å². The molecule has 1 N–H and O–H groups in total. The number of aromatic hydroxyl groups is 1. The molecule has 0 radical (unpaired) electrons. The molecule has 0 fully saturated rings. The van der Waals surface area contributed by atoms with Gasteiger partial charge in [-0.15, -0.1) is 0 Å². The van der Waals surface area contributed by atoms with Crippen molar-refractivity contribution in [3.05, 3.63) is 28.8 Å². The number of hydrogen-bond acceptors (Lipinski definition) is 2. The minimum atomic E-state index is 0.254. The molecule has 0 bridgehead atoms. The molecule has 14 heavy (non-hydrogen) atoms. The Balaban J connectivity index is 2.79. The molecule has 2 aromatic rings. The lowest BCUT2D eigenvalue weighted by Gasteiger charge is -2.03. The molecule has 0 saturated heterocycles. The zero-order chi connectivity index (χ0) is 10.3. The summed E-state index contributed by atoms with van der Waals surface area (Å²) in [4.78, 5) is 4.40. The van der Waals surface area contributed by atoms with Crippen LogP contribution in [0.1, 0.15) is 25.6 Å². The van der Waals surface area contributed by atoms with Crippen LogP contribution in [0.15, 0.2) is 22.9 Å². The summed E-state index contributed by atoms with van der Waals surface area (Å²) in [5.41, 5.74) is 0.978. The van der Waals surface area contributed by atoms with Gasteiger partial charge in [0.05, 0.1) is 11.7 Å². The maximum absolute atomic E-state index is 9.38. The first-order valence-corrected chi connectivity index (χ1v) is 5.25. The Labute approximate surface area is 90.5 Å². The Bertz CT molecular complexity index is 476. The number of rotatable bonds is 1. The summed E-state index contributed by atoms with van der Waals surface area (Å²) >= 11 is 3.40. The molecule has 0 aliphatic rings. The molecular weight excluding hydrogens is 244 g/mol. The van der Waals surface area contributed by atoms with Crippen molar-refractivity contribution in [2.75, 3.05) is 0 Å². The SMILES string of the molecule is CC(C)c1nc(Br)c2ccc(O)cn12. The van der Waals surface area contributed by atoms with Crippen LogP contribution >= 0.6 is 15.9 Å². The largest absolute Gasteiger partial charge is 0.506 e. The minimum absolute atomic E-state index is 0.254. The maximum atomic E-state index is 9.38. The lowest BCUT2D eigenvalue weighted by Crippen LogP contribution is -1.95. The first-order valence-electron chi connectivity index (χ1n) is 4.46. The minimum Gasteiger partial charge on any atom is -0.506 e. The molecule has 3 nitrogen and oxygen atoms in total. The summed E-state index contributed by atoms with van der Waals surface area (Å²) in [6.07, 6.45) is 1.68. The quantitative estimate of drug-likeness (QED) is 0.850. The van der Waals surface area contributed by atoms with Crippen LogP contribution in [0.3, 0.4) is 0 Å². The smallest absolute Gasteiger partial charge is 0.132 e. The van der Waals surface area contributed by atoms with Crippen LogP contribution in [0.25, 0.3) is 5.52 Å². The van der Waals surface area contributed by atoms with E-state index < -0.39 is 0 Å². The molecule has 0 aromatic carbocycles. The Kier molecular flexibility index (Phi) is 2.23. The van der Waals surface area contributed by atoms with Crippen LogP contribution in [-0.2, 0) is 0 Å². The number of nitrogens with zero attached hydrogens (tertiary/aromatic N) is 2. The fourth-order valence-corrected chi connectivity index (χ4v) is 1.97. The lowest BCUT2D eigenvalue weighted by atomic mass is 10.2. The van der Waals surface area contributed by atoms with E-state index in [1.165, 1.54) is 0 Å². The van der Waals surface area contributed by atoms with Gasteiger partial charge in [0.15, 0.2) is 0 Å². The highest BCUT2D eigenvalue weighted by Crippen LogP contribution is 2.25. The Hall–Kier alpha value is -1.03. The Morgan fingerprint density at radius 2 is 2.14 bits per heavy atom. The lowest BCUT2D eigenvalue weighted by molar-refractivity contribution is 0.471. The van der Waals surface area contributed by atoms with Gasteiger partial charge in [0.25, 0.3) is 0 Å². The van der Waals surface area contributed by atoms with Gasteiger partial charge in [-0.3, -0.25) is 4.40 Å². The summed E-state index contributed by atoms with van der Waals surface area (Å²) in [6, 6.07) is 3.50. The van der Waals surface area contributed by atoms with Crippen LogP contribution in [0.5, 0.6) is 5.75 Å². The third-order valence-corrected chi connectivity index (χ3v) is 2.70. The second-order valence-electron chi connectivity index (χ2n) is 3.56. The normalized spacial score (nSPS) is 11.4. The summed E-state index contributed by atoms with van der Waals surface area (Å²) in [5, 5.41) is 9.38. The number of imidazole rings is 1. The molecule has 0 aliphatic carbocycles. The Morgan fingerprint density at radius 3 is 2.79 bits per heavy atom. The predicted octanol–water partition coefficient (Wildman–Crippen LogP) is 2.93.